The fourth-order valence-corrected chi connectivity index (χ4v) is 3.70. The molecule has 30 heavy (non-hydrogen) atoms. The minimum atomic E-state index is -0.656. The molecular formula is C23H21NO6. The minimum absolute atomic E-state index is 0.0360. The largest absolute Gasteiger partial charge is 0.506 e. The number of esters is 1. The molecule has 1 heterocycles. The van der Waals surface area contributed by atoms with Crippen LogP contribution in [0.25, 0.3) is 10.8 Å². The van der Waals surface area contributed by atoms with Crippen molar-refractivity contribution in [3.8, 4) is 11.5 Å². The first-order valence-electron chi connectivity index (χ1n) is 9.63. The van der Waals surface area contributed by atoms with Gasteiger partial charge in [0.2, 0.25) is 0 Å². The van der Waals surface area contributed by atoms with Gasteiger partial charge in [0, 0.05) is 28.5 Å². The molecule has 1 N–H and O–H groups in total. The molecule has 0 saturated heterocycles. The molecule has 0 bridgehead atoms. The van der Waals surface area contributed by atoms with Crippen molar-refractivity contribution in [2.24, 2.45) is 0 Å². The highest BCUT2D eigenvalue weighted by Crippen LogP contribution is 2.45. The van der Waals surface area contributed by atoms with Gasteiger partial charge in [-0.2, -0.15) is 0 Å². The smallest absolute Gasteiger partial charge is 0.342 e. The predicted molar refractivity (Wildman–Crippen MR) is 111 cm³/mol. The van der Waals surface area contributed by atoms with E-state index in [1.807, 2.05) is 26.0 Å². The van der Waals surface area contributed by atoms with E-state index in [2.05, 4.69) is 0 Å². The van der Waals surface area contributed by atoms with Crippen molar-refractivity contribution >= 4 is 22.4 Å². The van der Waals surface area contributed by atoms with E-state index in [9.17, 15) is 20.0 Å². The fraction of sp³-hybridized carbons (Fsp3) is 0.261. The average molecular weight is 407 g/mol. The van der Waals surface area contributed by atoms with E-state index in [4.69, 9.17) is 9.47 Å². The van der Waals surface area contributed by atoms with E-state index < -0.39 is 10.9 Å². The molecule has 0 radical (unpaired) electrons. The summed E-state index contributed by atoms with van der Waals surface area (Å²) >= 11 is 0. The van der Waals surface area contributed by atoms with Gasteiger partial charge in [0.1, 0.15) is 29.3 Å². The Labute approximate surface area is 173 Å². The minimum Gasteiger partial charge on any atom is -0.506 e. The Morgan fingerprint density at radius 1 is 1.17 bits per heavy atom. The molecule has 0 unspecified atom stereocenters. The monoisotopic (exact) mass is 407 g/mol. The Balaban J connectivity index is 1.69. The standard InChI is InChI=1S/C23H21NO6/c1-23(2)12-11-18-19(20(25)16-5-3-4-6-17(16)21(18)30-23)22(26)29-13-14-7-9-15(10-8-14)24(27)28/h3-10,25H,11-13H2,1-2H3. The maximum absolute atomic E-state index is 12.9. The number of nitro benzene ring substituents is 1. The van der Waals surface area contributed by atoms with Gasteiger partial charge in [0.15, 0.2) is 0 Å². The number of nitro groups is 1. The predicted octanol–water partition coefficient (Wildman–Crippen LogP) is 4.91. The van der Waals surface area contributed by atoms with E-state index in [0.29, 0.717) is 35.1 Å². The highest BCUT2D eigenvalue weighted by atomic mass is 16.6. The number of phenolic OH excluding ortho intramolecular Hbond substituents is 1. The van der Waals surface area contributed by atoms with Gasteiger partial charge < -0.3 is 14.6 Å². The molecule has 3 aromatic rings. The van der Waals surface area contributed by atoms with Crippen LogP contribution in [-0.4, -0.2) is 21.6 Å². The molecule has 3 aromatic carbocycles. The lowest BCUT2D eigenvalue weighted by Gasteiger charge is -2.34. The maximum Gasteiger partial charge on any atom is 0.342 e. The van der Waals surface area contributed by atoms with Crippen molar-refractivity contribution in [2.75, 3.05) is 0 Å². The molecule has 1 aliphatic heterocycles. The van der Waals surface area contributed by atoms with Crippen LogP contribution < -0.4 is 4.74 Å². The number of ether oxygens (including phenoxy) is 2. The topological polar surface area (TPSA) is 98.9 Å². The quantitative estimate of drug-likeness (QED) is 0.375. The third-order valence-corrected chi connectivity index (χ3v) is 5.32. The highest BCUT2D eigenvalue weighted by molar-refractivity contribution is 6.06. The third kappa shape index (κ3) is 3.54. The average Bonchev–Trinajstić information content (AvgIpc) is 2.73. The highest BCUT2D eigenvalue weighted by Gasteiger charge is 2.34. The van der Waals surface area contributed by atoms with Gasteiger partial charge >= 0.3 is 5.97 Å². The SMILES string of the molecule is CC1(C)CCc2c(C(=O)OCc3ccc([N+](=O)[O-])cc3)c(O)c3ccccc3c2O1. The molecule has 0 aromatic heterocycles. The second kappa shape index (κ2) is 7.33. The molecule has 0 amide bonds. The number of rotatable bonds is 4. The van der Waals surface area contributed by atoms with Crippen LogP contribution in [0.3, 0.4) is 0 Å². The van der Waals surface area contributed by atoms with Crippen molar-refractivity contribution in [1.29, 1.82) is 0 Å². The summed E-state index contributed by atoms with van der Waals surface area (Å²) in [6.45, 7) is 3.92. The number of benzene rings is 3. The molecule has 0 fully saturated rings. The molecular weight excluding hydrogens is 386 g/mol. The van der Waals surface area contributed by atoms with Crippen LogP contribution in [-0.2, 0) is 17.8 Å². The Kier molecular flexibility index (Phi) is 4.81. The lowest BCUT2D eigenvalue weighted by atomic mass is 9.88. The molecule has 0 spiro atoms. The summed E-state index contributed by atoms with van der Waals surface area (Å²) in [4.78, 5) is 23.2. The third-order valence-electron chi connectivity index (χ3n) is 5.32. The molecule has 1 aliphatic rings. The zero-order valence-corrected chi connectivity index (χ0v) is 16.7. The van der Waals surface area contributed by atoms with Crippen molar-refractivity contribution in [3.63, 3.8) is 0 Å². The number of non-ortho nitro benzene ring substituents is 1. The van der Waals surface area contributed by atoms with Crippen LogP contribution in [0.4, 0.5) is 5.69 Å². The lowest BCUT2D eigenvalue weighted by Crippen LogP contribution is -2.33. The molecule has 0 aliphatic carbocycles. The normalized spacial score (nSPS) is 14.6. The van der Waals surface area contributed by atoms with Gasteiger partial charge in [-0.15, -0.1) is 0 Å². The summed E-state index contributed by atoms with van der Waals surface area (Å²) < 4.78 is 11.6. The number of fused-ring (bicyclic) bond motifs is 3. The van der Waals surface area contributed by atoms with Crippen LogP contribution in [0.5, 0.6) is 11.5 Å². The Hall–Kier alpha value is -3.61. The second-order valence-electron chi connectivity index (χ2n) is 7.94. The number of aromatic hydroxyl groups is 1. The molecule has 4 rings (SSSR count). The fourth-order valence-electron chi connectivity index (χ4n) is 3.70. The van der Waals surface area contributed by atoms with E-state index in [1.165, 1.54) is 24.3 Å². The zero-order valence-electron chi connectivity index (χ0n) is 16.7. The summed E-state index contributed by atoms with van der Waals surface area (Å²) in [5.74, 6) is -0.181. The second-order valence-corrected chi connectivity index (χ2v) is 7.94. The Bertz CT molecular complexity index is 1150. The van der Waals surface area contributed by atoms with E-state index in [-0.39, 0.29) is 29.2 Å². The van der Waals surface area contributed by atoms with E-state index in [1.54, 1.807) is 12.1 Å². The maximum atomic E-state index is 12.9. The van der Waals surface area contributed by atoms with Gasteiger partial charge in [0.05, 0.1) is 4.92 Å². The number of carbonyl (C=O) groups is 1. The van der Waals surface area contributed by atoms with Crippen LogP contribution in [0, 0.1) is 10.1 Å². The first-order valence-corrected chi connectivity index (χ1v) is 9.63. The molecule has 0 saturated carbocycles. The van der Waals surface area contributed by atoms with Gasteiger partial charge in [-0.3, -0.25) is 10.1 Å². The van der Waals surface area contributed by atoms with Crippen LogP contribution in [0.2, 0.25) is 0 Å². The van der Waals surface area contributed by atoms with Gasteiger partial charge in [0.25, 0.3) is 5.69 Å². The summed E-state index contributed by atoms with van der Waals surface area (Å²) in [7, 11) is 0. The zero-order chi connectivity index (χ0) is 21.5. The molecule has 7 nitrogen and oxygen atoms in total. The first kappa shape index (κ1) is 19.7. The summed E-state index contributed by atoms with van der Waals surface area (Å²) in [5, 5.41) is 22.9. The van der Waals surface area contributed by atoms with Crippen molar-refractivity contribution in [2.45, 2.75) is 38.9 Å². The number of carbonyl (C=O) groups excluding carboxylic acids is 1. The first-order chi connectivity index (χ1) is 14.3. The van der Waals surface area contributed by atoms with Gasteiger partial charge in [-0.1, -0.05) is 24.3 Å². The van der Waals surface area contributed by atoms with Crippen molar-refractivity contribution in [1.82, 2.24) is 0 Å². The molecule has 0 atom stereocenters. The van der Waals surface area contributed by atoms with Crippen LogP contribution in [0.1, 0.15) is 41.8 Å². The summed E-state index contributed by atoms with van der Waals surface area (Å²) in [6.07, 6.45) is 1.27. The summed E-state index contributed by atoms with van der Waals surface area (Å²) in [5.41, 5.74) is 0.944. The Morgan fingerprint density at radius 3 is 2.50 bits per heavy atom. The Morgan fingerprint density at radius 2 is 1.83 bits per heavy atom. The molecule has 7 heteroatoms. The van der Waals surface area contributed by atoms with Crippen LogP contribution in [0.15, 0.2) is 48.5 Å². The lowest BCUT2D eigenvalue weighted by molar-refractivity contribution is -0.384. The number of nitrogens with zero attached hydrogens (tertiary/aromatic N) is 1. The van der Waals surface area contributed by atoms with E-state index >= 15 is 0 Å². The number of phenols is 1. The van der Waals surface area contributed by atoms with E-state index in [0.717, 1.165) is 5.39 Å². The van der Waals surface area contributed by atoms with Crippen LogP contribution >= 0.6 is 0 Å². The van der Waals surface area contributed by atoms with Crippen molar-refractivity contribution in [3.05, 3.63) is 75.3 Å². The van der Waals surface area contributed by atoms with Gasteiger partial charge in [-0.25, -0.2) is 4.79 Å². The van der Waals surface area contributed by atoms with Gasteiger partial charge in [-0.05, 0) is 44.4 Å². The van der Waals surface area contributed by atoms with Crippen molar-refractivity contribution < 1.29 is 24.3 Å². The summed E-state index contributed by atoms with van der Waals surface area (Å²) in [6, 6.07) is 13.0. The molecule has 154 valence electrons. The number of hydrogen-bond acceptors (Lipinski definition) is 6. The number of hydrogen-bond donors (Lipinski definition) is 1.